The van der Waals surface area contributed by atoms with E-state index in [1.54, 1.807) is 0 Å². The number of amides is 1. The number of carbonyl (C=O) groups is 2. The lowest BCUT2D eigenvalue weighted by Gasteiger charge is -2.31. The number of Topliss-reactive ketones (excluding diaryl/α,β-unsaturated/α-hetero) is 1. The van der Waals surface area contributed by atoms with E-state index in [0.29, 0.717) is 37.5 Å². The Morgan fingerprint density at radius 2 is 2.12 bits per heavy atom. The van der Waals surface area contributed by atoms with E-state index >= 15 is 0 Å². The second-order valence-corrected chi connectivity index (χ2v) is 6.91. The van der Waals surface area contributed by atoms with Crippen molar-refractivity contribution in [2.75, 3.05) is 13.1 Å². The molecule has 0 spiro atoms. The van der Waals surface area contributed by atoms with Crippen molar-refractivity contribution >= 4 is 11.7 Å². The molecule has 1 aliphatic heterocycles. The molecule has 1 atom stereocenters. The molecule has 1 aromatic rings. The molecular formula is C18H29N3O3. The van der Waals surface area contributed by atoms with Crippen molar-refractivity contribution in [3.05, 3.63) is 11.7 Å². The number of likely N-dealkylation sites (tertiary alicyclic amines) is 1. The average Bonchev–Trinajstić information content (AvgIpc) is 3.06. The van der Waals surface area contributed by atoms with E-state index in [0.717, 1.165) is 38.1 Å². The Kier molecular flexibility index (Phi) is 6.94. The molecule has 0 aromatic carbocycles. The van der Waals surface area contributed by atoms with E-state index in [1.807, 2.05) is 25.7 Å². The van der Waals surface area contributed by atoms with Crippen LogP contribution < -0.4 is 0 Å². The summed E-state index contributed by atoms with van der Waals surface area (Å²) in [5, 5.41) is 4.11. The third-order valence-electron chi connectivity index (χ3n) is 4.63. The maximum absolute atomic E-state index is 11.9. The lowest BCUT2D eigenvalue weighted by molar-refractivity contribution is -0.132. The van der Waals surface area contributed by atoms with Crippen LogP contribution in [0.1, 0.15) is 76.9 Å². The molecule has 6 nitrogen and oxygen atoms in total. The summed E-state index contributed by atoms with van der Waals surface area (Å²) in [5.74, 6) is 2.15. The Morgan fingerprint density at radius 1 is 1.33 bits per heavy atom. The molecule has 1 fully saturated rings. The number of hydrogen-bond donors (Lipinski definition) is 0. The highest BCUT2D eigenvalue weighted by molar-refractivity contribution is 5.80. The molecule has 2 heterocycles. The van der Waals surface area contributed by atoms with Crippen LogP contribution >= 0.6 is 0 Å². The van der Waals surface area contributed by atoms with Gasteiger partial charge in [0.1, 0.15) is 5.78 Å². The monoisotopic (exact) mass is 335 g/mol. The van der Waals surface area contributed by atoms with Gasteiger partial charge in [0, 0.05) is 44.2 Å². The van der Waals surface area contributed by atoms with Gasteiger partial charge in [-0.05, 0) is 25.7 Å². The normalized spacial score (nSPS) is 18.2. The number of hydrogen-bond acceptors (Lipinski definition) is 5. The number of rotatable bonds is 8. The smallest absolute Gasteiger partial charge is 0.226 e. The van der Waals surface area contributed by atoms with Crippen LogP contribution in [0.4, 0.5) is 0 Å². The fourth-order valence-corrected chi connectivity index (χ4v) is 3.04. The summed E-state index contributed by atoms with van der Waals surface area (Å²) >= 11 is 0. The zero-order valence-corrected chi connectivity index (χ0v) is 15.1. The largest absolute Gasteiger partial charge is 0.342 e. The van der Waals surface area contributed by atoms with Gasteiger partial charge in [-0.25, -0.2) is 0 Å². The zero-order chi connectivity index (χ0) is 17.5. The van der Waals surface area contributed by atoms with E-state index in [1.165, 1.54) is 0 Å². The minimum Gasteiger partial charge on any atom is -0.342 e. The Bertz CT molecular complexity index is 553. The summed E-state index contributed by atoms with van der Waals surface area (Å²) in [4.78, 5) is 29.9. The molecule has 2 rings (SSSR count). The minimum absolute atomic E-state index is 0.111. The van der Waals surface area contributed by atoms with Crippen LogP contribution in [0.5, 0.6) is 0 Å². The predicted octanol–water partition coefficient (Wildman–Crippen LogP) is 3.12. The Morgan fingerprint density at radius 3 is 2.83 bits per heavy atom. The first-order chi connectivity index (χ1) is 11.5. The van der Waals surface area contributed by atoms with Gasteiger partial charge in [0.2, 0.25) is 11.8 Å². The van der Waals surface area contributed by atoms with Gasteiger partial charge in [-0.3, -0.25) is 9.59 Å². The van der Waals surface area contributed by atoms with Crippen LogP contribution in [0.15, 0.2) is 4.52 Å². The maximum Gasteiger partial charge on any atom is 0.226 e. The highest BCUT2D eigenvalue weighted by Gasteiger charge is 2.27. The van der Waals surface area contributed by atoms with Crippen molar-refractivity contribution in [2.24, 2.45) is 5.92 Å². The highest BCUT2D eigenvalue weighted by Crippen LogP contribution is 2.25. The maximum atomic E-state index is 11.9. The Balaban J connectivity index is 1.80. The summed E-state index contributed by atoms with van der Waals surface area (Å²) in [6.07, 6.45) is 5.59. The molecule has 1 unspecified atom stereocenters. The third kappa shape index (κ3) is 5.14. The number of aryl methyl sites for hydroxylation is 1. The van der Waals surface area contributed by atoms with Gasteiger partial charge in [-0.1, -0.05) is 25.9 Å². The van der Waals surface area contributed by atoms with Crippen LogP contribution in [-0.4, -0.2) is 39.8 Å². The van der Waals surface area contributed by atoms with E-state index in [4.69, 9.17) is 4.52 Å². The van der Waals surface area contributed by atoms with Gasteiger partial charge < -0.3 is 9.42 Å². The quantitative estimate of drug-likeness (QED) is 0.682. The molecule has 1 amide bonds. The second kappa shape index (κ2) is 8.94. The van der Waals surface area contributed by atoms with Crippen molar-refractivity contribution in [1.82, 2.24) is 15.0 Å². The molecule has 0 bridgehead atoms. The fourth-order valence-electron chi connectivity index (χ4n) is 3.04. The van der Waals surface area contributed by atoms with Gasteiger partial charge in [-0.15, -0.1) is 0 Å². The molecular weight excluding hydrogens is 306 g/mol. The first-order valence-electron chi connectivity index (χ1n) is 9.14. The van der Waals surface area contributed by atoms with Crippen LogP contribution in [0, 0.1) is 5.92 Å². The van der Waals surface area contributed by atoms with E-state index in [2.05, 4.69) is 10.1 Å². The molecule has 0 radical (unpaired) electrons. The van der Waals surface area contributed by atoms with Crippen molar-refractivity contribution in [1.29, 1.82) is 0 Å². The van der Waals surface area contributed by atoms with E-state index < -0.39 is 0 Å². The number of piperidine rings is 1. The highest BCUT2D eigenvalue weighted by atomic mass is 16.5. The first-order valence-corrected chi connectivity index (χ1v) is 9.14. The van der Waals surface area contributed by atoms with Crippen LogP contribution in [0.25, 0.3) is 0 Å². The summed E-state index contributed by atoms with van der Waals surface area (Å²) in [6.45, 7) is 7.28. The fraction of sp³-hybridized carbons (Fsp3) is 0.778. The molecule has 1 aliphatic rings. The molecule has 0 saturated carbocycles. The number of ketones is 1. The molecule has 6 heteroatoms. The summed E-state index contributed by atoms with van der Waals surface area (Å²) in [6, 6.07) is 0. The lowest BCUT2D eigenvalue weighted by Crippen LogP contribution is -2.38. The SMILES string of the molecule is CCC(=O)N1CCCC(c2noc(CCCCC(=O)C(C)C)n2)C1. The van der Waals surface area contributed by atoms with Crippen LogP contribution in [-0.2, 0) is 16.0 Å². The van der Waals surface area contributed by atoms with Gasteiger partial charge >= 0.3 is 0 Å². The standard InChI is InChI=1S/C18H29N3O3/c1-4-17(23)21-11-7-8-14(12-21)18-19-16(24-20-18)10-6-5-9-15(22)13(2)3/h13-14H,4-12H2,1-3H3. The molecule has 0 aliphatic carbocycles. The molecule has 0 N–H and O–H groups in total. The van der Waals surface area contributed by atoms with E-state index in [9.17, 15) is 9.59 Å². The number of unbranched alkanes of at least 4 members (excludes halogenated alkanes) is 1. The predicted molar refractivity (Wildman–Crippen MR) is 90.5 cm³/mol. The molecule has 24 heavy (non-hydrogen) atoms. The van der Waals surface area contributed by atoms with E-state index in [-0.39, 0.29) is 17.7 Å². The number of nitrogens with zero attached hydrogens (tertiary/aromatic N) is 3. The topological polar surface area (TPSA) is 76.3 Å². The van der Waals surface area contributed by atoms with Crippen LogP contribution in [0.2, 0.25) is 0 Å². The number of carbonyl (C=O) groups excluding carboxylic acids is 2. The number of aromatic nitrogens is 2. The van der Waals surface area contributed by atoms with Gasteiger partial charge in [0.15, 0.2) is 5.82 Å². The average molecular weight is 335 g/mol. The molecule has 1 saturated heterocycles. The third-order valence-corrected chi connectivity index (χ3v) is 4.63. The van der Waals surface area contributed by atoms with Crippen molar-refractivity contribution in [2.45, 2.75) is 71.6 Å². The summed E-state index contributed by atoms with van der Waals surface area (Å²) in [7, 11) is 0. The van der Waals surface area contributed by atoms with Crippen molar-refractivity contribution in [3.63, 3.8) is 0 Å². The minimum atomic E-state index is 0.111. The van der Waals surface area contributed by atoms with Crippen molar-refractivity contribution < 1.29 is 14.1 Å². The van der Waals surface area contributed by atoms with Gasteiger partial charge in [0.25, 0.3) is 0 Å². The summed E-state index contributed by atoms with van der Waals surface area (Å²) < 4.78 is 5.34. The van der Waals surface area contributed by atoms with Gasteiger partial charge in [0.05, 0.1) is 0 Å². The summed E-state index contributed by atoms with van der Waals surface area (Å²) in [5.41, 5.74) is 0. The van der Waals surface area contributed by atoms with Gasteiger partial charge in [-0.2, -0.15) is 4.98 Å². The lowest BCUT2D eigenvalue weighted by atomic mass is 9.97. The van der Waals surface area contributed by atoms with Crippen LogP contribution in [0.3, 0.4) is 0 Å². The van der Waals surface area contributed by atoms with Crippen molar-refractivity contribution in [3.8, 4) is 0 Å². The Hall–Kier alpha value is -1.72. The zero-order valence-electron chi connectivity index (χ0n) is 15.1. The molecule has 134 valence electrons. The Labute approximate surface area is 144 Å². The molecule has 1 aromatic heterocycles. The second-order valence-electron chi connectivity index (χ2n) is 6.91. The first kappa shape index (κ1) is 18.6.